The lowest BCUT2D eigenvalue weighted by Crippen LogP contribution is -2.14. The van der Waals surface area contributed by atoms with Crippen LogP contribution in [-0.4, -0.2) is 18.2 Å². The van der Waals surface area contributed by atoms with Gasteiger partial charge in [-0.1, -0.05) is 22.9 Å². The molecule has 0 saturated carbocycles. The molecule has 1 unspecified atom stereocenters. The molecule has 1 aromatic rings. The monoisotopic (exact) mass is 300 g/mol. The molecule has 1 N–H and O–H groups in total. The number of carboxylic acids is 1. The van der Waals surface area contributed by atoms with E-state index in [1.165, 1.54) is 0 Å². The molecule has 0 amide bonds. The average molecular weight is 301 g/mol. The normalized spacial score (nSPS) is 12.3. The number of halogens is 1. The van der Waals surface area contributed by atoms with Gasteiger partial charge in [0, 0.05) is 10.0 Å². The first-order chi connectivity index (χ1) is 7.88. The van der Waals surface area contributed by atoms with E-state index in [1.54, 1.807) is 14.0 Å². The molecule has 94 valence electrons. The summed E-state index contributed by atoms with van der Waals surface area (Å²) >= 11 is 3.47. The van der Waals surface area contributed by atoms with Gasteiger partial charge in [0.1, 0.15) is 5.75 Å². The second-order valence-electron chi connectivity index (χ2n) is 4.26. The van der Waals surface area contributed by atoms with Crippen LogP contribution in [0, 0.1) is 19.8 Å². The van der Waals surface area contributed by atoms with Gasteiger partial charge in [-0.15, -0.1) is 0 Å². The minimum absolute atomic E-state index is 0.414. The first-order valence-corrected chi connectivity index (χ1v) is 6.23. The Bertz CT molecular complexity index is 441. The highest BCUT2D eigenvalue weighted by atomic mass is 79.9. The van der Waals surface area contributed by atoms with Crippen LogP contribution in [-0.2, 0) is 11.2 Å². The second-order valence-corrected chi connectivity index (χ2v) is 5.11. The van der Waals surface area contributed by atoms with Gasteiger partial charge < -0.3 is 9.84 Å². The Hall–Kier alpha value is -1.03. The third-order valence-corrected chi connectivity index (χ3v) is 3.75. The Labute approximate surface area is 110 Å². The van der Waals surface area contributed by atoms with Crippen LogP contribution in [0.4, 0.5) is 0 Å². The van der Waals surface area contributed by atoms with E-state index in [-0.39, 0.29) is 0 Å². The van der Waals surface area contributed by atoms with Gasteiger partial charge in [0.05, 0.1) is 13.0 Å². The van der Waals surface area contributed by atoms with Crippen LogP contribution in [0.15, 0.2) is 10.5 Å². The molecule has 1 atom stereocenters. The molecule has 1 rings (SSSR count). The summed E-state index contributed by atoms with van der Waals surface area (Å²) in [5.41, 5.74) is 3.03. The lowest BCUT2D eigenvalue weighted by atomic mass is 9.94. The van der Waals surface area contributed by atoms with Crippen molar-refractivity contribution >= 4 is 21.9 Å². The van der Waals surface area contributed by atoms with Crippen molar-refractivity contribution in [2.24, 2.45) is 5.92 Å². The summed E-state index contributed by atoms with van der Waals surface area (Å²) in [7, 11) is 1.61. The Kier molecular flexibility index (Phi) is 4.57. The number of carbonyl (C=O) groups is 1. The quantitative estimate of drug-likeness (QED) is 0.928. The zero-order valence-corrected chi connectivity index (χ0v) is 12.1. The van der Waals surface area contributed by atoms with Crippen LogP contribution in [0.3, 0.4) is 0 Å². The molecule has 1 aromatic carbocycles. The molecule has 0 radical (unpaired) electrons. The minimum atomic E-state index is -0.785. The SMILES string of the molecule is COc1c(C)c(Br)cc(C)c1CC(C)C(=O)O. The predicted octanol–water partition coefficient (Wildman–Crippen LogP) is 3.34. The van der Waals surface area contributed by atoms with Crippen molar-refractivity contribution in [2.45, 2.75) is 27.2 Å². The molecule has 3 nitrogen and oxygen atoms in total. The smallest absolute Gasteiger partial charge is 0.306 e. The van der Waals surface area contributed by atoms with Crippen molar-refractivity contribution in [1.82, 2.24) is 0 Å². The van der Waals surface area contributed by atoms with Gasteiger partial charge in [-0.05, 0) is 37.5 Å². The molecule has 0 heterocycles. The molecule has 0 aliphatic carbocycles. The predicted molar refractivity (Wildman–Crippen MR) is 70.7 cm³/mol. The first kappa shape index (κ1) is 14.0. The molecule has 0 saturated heterocycles. The molecule has 0 aliphatic heterocycles. The number of aliphatic carboxylic acids is 1. The molecule has 0 aliphatic rings. The molecule has 0 bridgehead atoms. The summed E-state index contributed by atoms with van der Waals surface area (Å²) in [6.45, 7) is 5.63. The molecule has 0 spiro atoms. The molecule has 0 fully saturated rings. The first-order valence-electron chi connectivity index (χ1n) is 5.43. The number of ether oxygens (including phenoxy) is 1. The Balaban J connectivity index is 3.22. The number of hydrogen-bond acceptors (Lipinski definition) is 2. The number of rotatable bonds is 4. The average Bonchev–Trinajstić information content (AvgIpc) is 2.26. The Morgan fingerprint density at radius 2 is 2.12 bits per heavy atom. The van der Waals surface area contributed by atoms with Gasteiger partial charge in [0.2, 0.25) is 0 Å². The molecule has 0 aromatic heterocycles. The summed E-state index contributed by atoms with van der Waals surface area (Å²) in [5, 5.41) is 8.97. The van der Waals surface area contributed by atoms with Gasteiger partial charge in [-0.2, -0.15) is 0 Å². The number of benzene rings is 1. The largest absolute Gasteiger partial charge is 0.496 e. The minimum Gasteiger partial charge on any atom is -0.496 e. The van der Waals surface area contributed by atoms with Gasteiger partial charge in [0.25, 0.3) is 0 Å². The van der Waals surface area contributed by atoms with E-state index >= 15 is 0 Å². The molecule has 17 heavy (non-hydrogen) atoms. The fourth-order valence-corrected chi connectivity index (χ4v) is 2.35. The lowest BCUT2D eigenvalue weighted by Gasteiger charge is -2.17. The standard InChI is InChI=1S/C13H17BrO3/c1-7-6-11(14)9(3)12(17-4)10(7)5-8(2)13(15)16/h6,8H,5H2,1-4H3,(H,15,16). The van der Waals surface area contributed by atoms with Crippen molar-refractivity contribution in [3.8, 4) is 5.75 Å². The zero-order chi connectivity index (χ0) is 13.2. The number of hydrogen-bond donors (Lipinski definition) is 1. The number of carboxylic acid groups (broad SMARTS) is 1. The number of aryl methyl sites for hydroxylation is 1. The molecule has 4 heteroatoms. The van der Waals surface area contributed by atoms with Gasteiger partial charge in [0.15, 0.2) is 0 Å². The van der Waals surface area contributed by atoms with Crippen molar-refractivity contribution in [2.75, 3.05) is 7.11 Å². The summed E-state index contributed by atoms with van der Waals surface area (Å²) < 4.78 is 6.38. The van der Waals surface area contributed by atoms with E-state index in [0.717, 1.165) is 26.9 Å². The third-order valence-electron chi connectivity index (χ3n) is 2.93. The van der Waals surface area contributed by atoms with Gasteiger partial charge >= 0.3 is 5.97 Å². The van der Waals surface area contributed by atoms with Crippen molar-refractivity contribution in [1.29, 1.82) is 0 Å². The fourth-order valence-electron chi connectivity index (χ4n) is 1.82. The summed E-state index contributed by atoms with van der Waals surface area (Å²) in [6.07, 6.45) is 0.485. The molecular weight excluding hydrogens is 284 g/mol. The van der Waals surface area contributed by atoms with E-state index in [4.69, 9.17) is 9.84 Å². The second kappa shape index (κ2) is 5.54. The topological polar surface area (TPSA) is 46.5 Å². The zero-order valence-electron chi connectivity index (χ0n) is 10.5. The van der Waals surface area contributed by atoms with E-state index in [9.17, 15) is 4.79 Å². The summed E-state index contributed by atoms with van der Waals surface area (Å²) in [6, 6.07) is 2.00. The highest BCUT2D eigenvalue weighted by Crippen LogP contribution is 2.34. The van der Waals surface area contributed by atoms with E-state index in [0.29, 0.717) is 6.42 Å². The van der Waals surface area contributed by atoms with Crippen molar-refractivity contribution in [3.63, 3.8) is 0 Å². The summed E-state index contributed by atoms with van der Waals surface area (Å²) in [4.78, 5) is 10.9. The van der Waals surface area contributed by atoms with E-state index < -0.39 is 11.9 Å². The highest BCUT2D eigenvalue weighted by Gasteiger charge is 2.18. The van der Waals surface area contributed by atoms with Crippen LogP contribution >= 0.6 is 15.9 Å². The van der Waals surface area contributed by atoms with E-state index in [1.807, 2.05) is 19.9 Å². The lowest BCUT2D eigenvalue weighted by molar-refractivity contribution is -0.141. The Morgan fingerprint density at radius 3 is 2.59 bits per heavy atom. The van der Waals surface area contributed by atoms with Crippen molar-refractivity contribution in [3.05, 3.63) is 27.2 Å². The molecular formula is C13H17BrO3. The highest BCUT2D eigenvalue weighted by molar-refractivity contribution is 9.10. The van der Waals surface area contributed by atoms with Crippen LogP contribution in [0.5, 0.6) is 5.75 Å². The van der Waals surface area contributed by atoms with Crippen molar-refractivity contribution < 1.29 is 14.6 Å². The van der Waals surface area contributed by atoms with E-state index in [2.05, 4.69) is 15.9 Å². The maximum absolute atomic E-state index is 10.9. The summed E-state index contributed by atoms with van der Waals surface area (Å²) in [5.74, 6) is -0.417. The van der Waals surface area contributed by atoms with Crippen LogP contribution < -0.4 is 4.74 Å². The third kappa shape index (κ3) is 3.00. The van der Waals surface area contributed by atoms with Crippen LogP contribution in [0.2, 0.25) is 0 Å². The van der Waals surface area contributed by atoms with Crippen LogP contribution in [0.25, 0.3) is 0 Å². The van der Waals surface area contributed by atoms with Crippen LogP contribution in [0.1, 0.15) is 23.6 Å². The fraction of sp³-hybridized carbons (Fsp3) is 0.462. The maximum Gasteiger partial charge on any atom is 0.306 e. The van der Waals surface area contributed by atoms with Gasteiger partial charge in [-0.3, -0.25) is 4.79 Å². The Morgan fingerprint density at radius 1 is 1.53 bits per heavy atom. The maximum atomic E-state index is 10.9. The number of methoxy groups -OCH3 is 1. The van der Waals surface area contributed by atoms with Gasteiger partial charge in [-0.25, -0.2) is 0 Å².